The number of methoxy groups -OCH3 is 1. The van der Waals surface area contributed by atoms with Crippen molar-refractivity contribution in [3.05, 3.63) is 69.9 Å². The molecule has 1 unspecified atom stereocenters. The van der Waals surface area contributed by atoms with E-state index in [0.29, 0.717) is 53.7 Å². The fourth-order valence-electron chi connectivity index (χ4n) is 5.31. The van der Waals surface area contributed by atoms with Gasteiger partial charge in [0.2, 0.25) is 0 Å². The number of Topliss-reactive ketones (excluding diaryl/α,β-unsaturated/α-hetero) is 1. The summed E-state index contributed by atoms with van der Waals surface area (Å²) in [5, 5.41) is 0.660. The fourth-order valence-corrected chi connectivity index (χ4v) is 5.44. The number of allylic oxidation sites excluding steroid dienone is 1. The Hall–Kier alpha value is -3.12. The number of ketones is 1. The summed E-state index contributed by atoms with van der Waals surface area (Å²) in [6.07, 6.45) is 2.31. The molecule has 1 heterocycles. The van der Waals surface area contributed by atoms with Crippen molar-refractivity contribution >= 4 is 29.1 Å². The van der Waals surface area contributed by atoms with E-state index < -0.39 is 17.8 Å². The van der Waals surface area contributed by atoms with Crippen molar-refractivity contribution < 1.29 is 23.8 Å². The van der Waals surface area contributed by atoms with Gasteiger partial charge in [0.1, 0.15) is 5.78 Å². The molecule has 1 aliphatic heterocycles. The van der Waals surface area contributed by atoms with Gasteiger partial charge in [-0.05, 0) is 74.4 Å². The Labute approximate surface area is 230 Å². The number of aliphatic imine (C=N–C) groups is 1. The highest BCUT2D eigenvalue weighted by Crippen LogP contribution is 2.47. The first-order valence-electron chi connectivity index (χ1n) is 13.3. The molecule has 6 nitrogen and oxygen atoms in total. The van der Waals surface area contributed by atoms with Gasteiger partial charge in [-0.2, -0.15) is 0 Å². The molecule has 2 aromatic carbocycles. The number of nitrogens with zero attached hydrogens (tertiary/aromatic N) is 1. The minimum Gasteiger partial charge on any atom is -0.493 e. The van der Waals surface area contributed by atoms with Crippen molar-refractivity contribution in [1.29, 1.82) is 0 Å². The second kappa shape index (κ2) is 12.2. The van der Waals surface area contributed by atoms with E-state index in [9.17, 15) is 9.59 Å². The lowest BCUT2D eigenvalue weighted by Crippen LogP contribution is -2.41. The van der Waals surface area contributed by atoms with Crippen molar-refractivity contribution in [2.45, 2.75) is 71.3 Å². The summed E-state index contributed by atoms with van der Waals surface area (Å²) in [5.74, 6) is -0.231. The Kier molecular flexibility index (Phi) is 8.93. The number of hydrogen-bond donors (Lipinski definition) is 0. The SMILES string of the molecule is CCCOc1ccc([C@@H]2C(C(=O)O[C@@H](C)CC)=C(C)N=C3C[C@@H](c4ccc(Cl)cc4)CC(=O)C32)cc1OC. The third kappa shape index (κ3) is 5.80. The first-order chi connectivity index (χ1) is 18.3. The molecule has 1 fully saturated rings. The summed E-state index contributed by atoms with van der Waals surface area (Å²) in [7, 11) is 1.59. The maximum Gasteiger partial charge on any atom is 0.336 e. The monoisotopic (exact) mass is 537 g/mol. The summed E-state index contributed by atoms with van der Waals surface area (Å²) in [5.41, 5.74) is 3.68. The molecular formula is C31H36ClNO5. The van der Waals surface area contributed by atoms with E-state index in [1.54, 1.807) is 7.11 Å². The molecule has 4 rings (SSSR count). The van der Waals surface area contributed by atoms with E-state index in [1.807, 2.05) is 70.2 Å². The molecule has 0 bridgehead atoms. The number of ether oxygens (including phenoxy) is 3. The number of carbonyl (C=O) groups is 2. The average molecular weight is 538 g/mol. The van der Waals surface area contributed by atoms with Crippen LogP contribution in [0.25, 0.3) is 0 Å². The molecule has 38 heavy (non-hydrogen) atoms. The molecule has 202 valence electrons. The second-order valence-electron chi connectivity index (χ2n) is 10.1. The zero-order valence-electron chi connectivity index (χ0n) is 22.8. The normalized spacial score (nSPS) is 21.9. The molecule has 0 N–H and O–H groups in total. The van der Waals surface area contributed by atoms with E-state index in [1.165, 1.54) is 0 Å². The molecule has 2 aliphatic rings. The van der Waals surface area contributed by atoms with Gasteiger partial charge in [0.05, 0.1) is 31.3 Å². The highest BCUT2D eigenvalue weighted by atomic mass is 35.5. The second-order valence-corrected chi connectivity index (χ2v) is 10.5. The van der Waals surface area contributed by atoms with Crippen LogP contribution in [0.2, 0.25) is 5.02 Å². The van der Waals surface area contributed by atoms with Crippen LogP contribution in [0, 0.1) is 5.92 Å². The lowest BCUT2D eigenvalue weighted by molar-refractivity contribution is -0.144. The van der Waals surface area contributed by atoms with Gasteiger partial charge in [0.25, 0.3) is 0 Å². The van der Waals surface area contributed by atoms with Crippen molar-refractivity contribution in [3.63, 3.8) is 0 Å². The van der Waals surface area contributed by atoms with Gasteiger partial charge in [-0.3, -0.25) is 9.79 Å². The molecule has 1 aliphatic carbocycles. The van der Waals surface area contributed by atoms with Gasteiger partial charge >= 0.3 is 5.97 Å². The van der Waals surface area contributed by atoms with Crippen LogP contribution in [-0.4, -0.2) is 37.3 Å². The maximum absolute atomic E-state index is 13.8. The molecule has 1 saturated carbocycles. The molecule has 0 amide bonds. The molecule has 0 aromatic heterocycles. The number of fused-ring (bicyclic) bond motifs is 1. The van der Waals surface area contributed by atoms with Gasteiger partial charge in [-0.25, -0.2) is 4.79 Å². The van der Waals surface area contributed by atoms with Crippen LogP contribution in [0.4, 0.5) is 0 Å². The van der Waals surface area contributed by atoms with E-state index in [-0.39, 0.29) is 17.8 Å². The van der Waals surface area contributed by atoms with Gasteiger partial charge < -0.3 is 14.2 Å². The number of esters is 1. The predicted octanol–water partition coefficient (Wildman–Crippen LogP) is 7.05. The van der Waals surface area contributed by atoms with Crippen LogP contribution < -0.4 is 9.47 Å². The standard InChI is InChI=1S/C31H36ClNO5/c1-6-14-37-26-13-10-21(17-27(26)36-5)29-28(31(35)38-18(3)7-2)19(4)33-24-15-22(16-25(34)30(24)29)20-8-11-23(32)12-9-20/h8-13,17-18,22,29-30H,6-7,14-16H2,1-5H3/t18-,22+,29+,30?/m0/s1. The van der Waals surface area contributed by atoms with Crippen LogP contribution in [0.5, 0.6) is 11.5 Å². The third-order valence-corrected chi connectivity index (χ3v) is 7.66. The van der Waals surface area contributed by atoms with Gasteiger partial charge in [-0.15, -0.1) is 0 Å². The molecule has 0 saturated heterocycles. The van der Waals surface area contributed by atoms with Crippen molar-refractivity contribution in [3.8, 4) is 11.5 Å². The topological polar surface area (TPSA) is 74.2 Å². The lowest BCUT2D eigenvalue weighted by Gasteiger charge is -2.38. The number of rotatable bonds is 9. The van der Waals surface area contributed by atoms with Crippen molar-refractivity contribution in [2.24, 2.45) is 10.9 Å². The number of carbonyl (C=O) groups excluding carboxylic acids is 2. The van der Waals surface area contributed by atoms with E-state index in [4.69, 9.17) is 30.8 Å². The maximum atomic E-state index is 13.8. The van der Waals surface area contributed by atoms with Crippen LogP contribution in [0.15, 0.2) is 58.7 Å². The molecule has 0 spiro atoms. The summed E-state index contributed by atoms with van der Waals surface area (Å²) >= 11 is 6.09. The van der Waals surface area contributed by atoms with Crippen LogP contribution in [0.1, 0.15) is 76.3 Å². The average Bonchev–Trinajstić information content (AvgIpc) is 2.91. The molecule has 2 aromatic rings. The summed E-state index contributed by atoms with van der Waals surface area (Å²) in [6.45, 7) is 8.27. The lowest BCUT2D eigenvalue weighted by atomic mass is 9.66. The summed E-state index contributed by atoms with van der Waals surface area (Å²) < 4.78 is 17.3. The van der Waals surface area contributed by atoms with Crippen LogP contribution in [0.3, 0.4) is 0 Å². The summed E-state index contributed by atoms with van der Waals surface area (Å²) in [4.78, 5) is 32.2. The van der Waals surface area contributed by atoms with E-state index in [0.717, 1.165) is 23.3 Å². The summed E-state index contributed by atoms with van der Waals surface area (Å²) in [6, 6.07) is 13.3. The Bertz CT molecular complexity index is 1250. The third-order valence-electron chi connectivity index (χ3n) is 7.41. The largest absolute Gasteiger partial charge is 0.493 e. The first-order valence-corrected chi connectivity index (χ1v) is 13.7. The van der Waals surface area contributed by atoms with Gasteiger partial charge in [-0.1, -0.05) is 43.6 Å². The molecule has 7 heteroatoms. The predicted molar refractivity (Wildman–Crippen MR) is 149 cm³/mol. The smallest absolute Gasteiger partial charge is 0.336 e. The Morgan fingerprint density at radius 3 is 2.42 bits per heavy atom. The van der Waals surface area contributed by atoms with E-state index in [2.05, 4.69) is 0 Å². The quantitative estimate of drug-likeness (QED) is 0.320. The van der Waals surface area contributed by atoms with Gasteiger partial charge in [0.15, 0.2) is 11.5 Å². The minimum atomic E-state index is -0.547. The molecular weight excluding hydrogens is 502 g/mol. The van der Waals surface area contributed by atoms with E-state index >= 15 is 0 Å². The first kappa shape index (κ1) is 27.9. The Balaban J connectivity index is 1.78. The van der Waals surface area contributed by atoms with Crippen LogP contribution >= 0.6 is 11.6 Å². The number of benzene rings is 2. The number of hydrogen-bond acceptors (Lipinski definition) is 6. The Morgan fingerprint density at radius 2 is 1.76 bits per heavy atom. The zero-order valence-corrected chi connectivity index (χ0v) is 23.5. The Morgan fingerprint density at radius 1 is 1.05 bits per heavy atom. The fraction of sp³-hybridized carbons (Fsp3) is 0.452. The highest BCUT2D eigenvalue weighted by molar-refractivity contribution is 6.30. The number of halogens is 1. The van der Waals surface area contributed by atoms with Crippen molar-refractivity contribution in [2.75, 3.05) is 13.7 Å². The van der Waals surface area contributed by atoms with Crippen molar-refractivity contribution in [1.82, 2.24) is 0 Å². The molecule has 0 radical (unpaired) electrons. The minimum absolute atomic E-state index is 0.0104. The highest BCUT2D eigenvalue weighted by Gasteiger charge is 2.46. The van der Waals surface area contributed by atoms with Crippen LogP contribution in [-0.2, 0) is 14.3 Å². The van der Waals surface area contributed by atoms with Gasteiger partial charge in [0, 0.05) is 28.8 Å². The molecule has 4 atom stereocenters. The zero-order chi connectivity index (χ0) is 27.4.